The molecule has 1 amide bonds. The molecule has 78 valence electrons. The van der Waals surface area contributed by atoms with Crippen LogP contribution >= 0.6 is 0 Å². The first-order valence-corrected chi connectivity index (χ1v) is 4.20. The lowest BCUT2D eigenvalue weighted by Crippen LogP contribution is -2.30. The van der Waals surface area contributed by atoms with Crippen molar-refractivity contribution in [1.29, 1.82) is 0 Å². The zero-order valence-corrected chi connectivity index (χ0v) is 7.98. The molecule has 0 bridgehead atoms. The van der Waals surface area contributed by atoms with Gasteiger partial charge < -0.3 is 9.15 Å². The molecule has 0 atom stereocenters. The van der Waals surface area contributed by atoms with Gasteiger partial charge in [-0.05, 0) is 12.1 Å². The van der Waals surface area contributed by atoms with Gasteiger partial charge in [-0.15, -0.1) is 0 Å². The van der Waals surface area contributed by atoms with E-state index in [1.807, 2.05) is 5.43 Å². The largest absolute Gasteiger partial charge is 0.497 e. The number of methoxy groups -OCH3 is 1. The zero-order chi connectivity index (χ0) is 10.8. The van der Waals surface area contributed by atoms with Crippen LogP contribution in [0.3, 0.4) is 0 Å². The van der Waals surface area contributed by atoms with E-state index in [0.717, 1.165) is 0 Å². The van der Waals surface area contributed by atoms with E-state index < -0.39 is 5.91 Å². The van der Waals surface area contributed by atoms with E-state index in [4.69, 9.17) is 15.0 Å². The van der Waals surface area contributed by atoms with Crippen molar-refractivity contribution in [1.82, 2.24) is 10.4 Å². The summed E-state index contributed by atoms with van der Waals surface area (Å²) in [4.78, 5) is 15.1. The Morgan fingerprint density at radius 1 is 1.60 bits per heavy atom. The van der Waals surface area contributed by atoms with Gasteiger partial charge in [0.15, 0.2) is 5.58 Å². The van der Waals surface area contributed by atoms with Crippen LogP contribution < -0.4 is 16.0 Å². The van der Waals surface area contributed by atoms with Crippen LogP contribution in [0.25, 0.3) is 11.1 Å². The highest BCUT2D eigenvalue weighted by molar-refractivity contribution is 5.92. The van der Waals surface area contributed by atoms with Crippen molar-refractivity contribution >= 4 is 17.0 Å². The van der Waals surface area contributed by atoms with Crippen molar-refractivity contribution in [3.63, 3.8) is 0 Å². The first-order valence-electron chi connectivity index (χ1n) is 4.20. The number of carbonyl (C=O) groups excluding carboxylic acids is 1. The highest BCUT2D eigenvalue weighted by Crippen LogP contribution is 2.20. The van der Waals surface area contributed by atoms with Crippen LogP contribution in [0.1, 0.15) is 10.7 Å². The normalized spacial score (nSPS) is 10.3. The van der Waals surface area contributed by atoms with E-state index in [2.05, 4.69) is 4.98 Å². The molecule has 0 saturated heterocycles. The summed E-state index contributed by atoms with van der Waals surface area (Å²) < 4.78 is 10.2. The van der Waals surface area contributed by atoms with Crippen molar-refractivity contribution < 1.29 is 13.9 Å². The molecule has 0 aliphatic rings. The van der Waals surface area contributed by atoms with Crippen molar-refractivity contribution in [3.05, 3.63) is 24.1 Å². The molecule has 6 heteroatoms. The Balaban J connectivity index is 2.51. The van der Waals surface area contributed by atoms with Crippen LogP contribution in [0.2, 0.25) is 0 Å². The molecule has 0 radical (unpaired) electrons. The Morgan fingerprint density at radius 2 is 2.40 bits per heavy atom. The van der Waals surface area contributed by atoms with Gasteiger partial charge in [0.05, 0.1) is 7.11 Å². The zero-order valence-electron chi connectivity index (χ0n) is 7.98. The third kappa shape index (κ3) is 1.62. The highest BCUT2D eigenvalue weighted by atomic mass is 16.5. The van der Waals surface area contributed by atoms with Gasteiger partial charge >= 0.3 is 5.91 Å². The average molecular weight is 207 g/mol. The predicted octanol–water partition coefficient (Wildman–Crippen LogP) is 0.440. The summed E-state index contributed by atoms with van der Waals surface area (Å²) in [6.07, 6.45) is 0. The molecule has 0 aliphatic heterocycles. The summed E-state index contributed by atoms with van der Waals surface area (Å²) in [5.74, 6) is 4.97. The average Bonchev–Trinajstić information content (AvgIpc) is 2.70. The van der Waals surface area contributed by atoms with Gasteiger partial charge in [0.1, 0.15) is 11.3 Å². The van der Waals surface area contributed by atoms with Crippen molar-refractivity contribution in [2.24, 2.45) is 5.84 Å². The lowest BCUT2D eigenvalue weighted by Gasteiger charge is -1.95. The number of aromatic nitrogens is 1. The molecule has 1 heterocycles. The van der Waals surface area contributed by atoms with Gasteiger partial charge in [0.25, 0.3) is 5.89 Å². The summed E-state index contributed by atoms with van der Waals surface area (Å²) >= 11 is 0. The number of nitrogen functional groups attached to an aromatic ring is 1. The number of fused-ring (bicyclic) bond motifs is 1. The molecule has 0 fully saturated rings. The standard InChI is InChI=1S/C9H9N3O3/c1-14-5-2-3-7-6(4-5)11-9(15-7)8(13)12-10/h2-4H,10H2,1H3,(H,12,13). The van der Waals surface area contributed by atoms with Crippen LogP contribution in [0.5, 0.6) is 5.75 Å². The molecule has 6 nitrogen and oxygen atoms in total. The number of oxazole rings is 1. The van der Waals surface area contributed by atoms with Gasteiger partial charge in [-0.25, -0.2) is 10.8 Å². The number of hydrogen-bond donors (Lipinski definition) is 2. The second-order valence-electron chi connectivity index (χ2n) is 2.83. The van der Waals surface area contributed by atoms with Gasteiger partial charge in [-0.2, -0.15) is 0 Å². The summed E-state index contributed by atoms with van der Waals surface area (Å²) in [5, 5.41) is 0. The summed E-state index contributed by atoms with van der Waals surface area (Å²) in [7, 11) is 1.55. The summed E-state index contributed by atoms with van der Waals surface area (Å²) in [6.45, 7) is 0. The SMILES string of the molecule is COc1ccc2oc(C(=O)NN)nc2c1. The Labute approximate surface area is 85.0 Å². The Bertz CT molecular complexity index is 506. The van der Waals surface area contributed by atoms with Crippen molar-refractivity contribution in [2.45, 2.75) is 0 Å². The Kier molecular flexibility index (Phi) is 2.26. The minimum atomic E-state index is -0.565. The first-order chi connectivity index (χ1) is 7.24. The third-order valence-corrected chi connectivity index (χ3v) is 1.92. The first kappa shape index (κ1) is 9.47. The number of hydrazine groups is 1. The number of nitrogens with two attached hydrogens (primary N) is 1. The molecular weight excluding hydrogens is 198 g/mol. The maximum absolute atomic E-state index is 11.1. The molecule has 0 saturated carbocycles. The monoisotopic (exact) mass is 207 g/mol. The predicted molar refractivity (Wildman–Crippen MR) is 52.2 cm³/mol. The van der Waals surface area contributed by atoms with Gasteiger partial charge in [0.2, 0.25) is 0 Å². The molecule has 2 aromatic rings. The lowest BCUT2D eigenvalue weighted by molar-refractivity contribution is 0.0921. The molecule has 0 spiro atoms. The fourth-order valence-corrected chi connectivity index (χ4v) is 1.19. The summed E-state index contributed by atoms with van der Waals surface area (Å²) in [6, 6.07) is 5.07. The topological polar surface area (TPSA) is 90.4 Å². The Morgan fingerprint density at radius 3 is 3.07 bits per heavy atom. The maximum atomic E-state index is 11.1. The van der Waals surface area contributed by atoms with Crippen molar-refractivity contribution in [2.75, 3.05) is 7.11 Å². The van der Waals surface area contributed by atoms with Crippen LogP contribution in [0.4, 0.5) is 0 Å². The fraction of sp³-hybridized carbons (Fsp3) is 0.111. The van der Waals surface area contributed by atoms with Crippen LogP contribution in [-0.4, -0.2) is 18.0 Å². The number of nitrogens with zero attached hydrogens (tertiary/aromatic N) is 1. The van der Waals surface area contributed by atoms with Gasteiger partial charge in [0, 0.05) is 6.07 Å². The van der Waals surface area contributed by atoms with Crippen molar-refractivity contribution in [3.8, 4) is 5.75 Å². The number of amides is 1. The van der Waals surface area contributed by atoms with Gasteiger partial charge in [-0.1, -0.05) is 0 Å². The number of rotatable bonds is 2. The quantitative estimate of drug-likeness (QED) is 0.423. The molecule has 1 aromatic heterocycles. The van der Waals surface area contributed by atoms with E-state index in [9.17, 15) is 4.79 Å². The molecule has 0 unspecified atom stereocenters. The molecular formula is C9H9N3O3. The Hall–Kier alpha value is -2.08. The molecule has 1 aromatic carbocycles. The second-order valence-corrected chi connectivity index (χ2v) is 2.83. The smallest absolute Gasteiger partial charge is 0.321 e. The fourth-order valence-electron chi connectivity index (χ4n) is 1.19. The van der Waals surface area contributed by atoms with E-state index in [-0.39, 0.29) is 5.89 Å². The highest BCUT2D eigenvalue weighted by Gasteiger charge is 2.12. The minimum absolute atomic E-state index is 0.0687. The third-order valence-electron chi connectivity index (χ3n) is 1.92. The number of nitrogens with one attached hydrogen (secondary N) is 1. The van der Waals surface area contributed by atoms with Crippen LogP contribution in [-0.2, 0) is 0 Å². The number of benzene rings is 1. The lowest BCUT2D eigenvalue weighted by atomic mass is 10.3. The minimum Gasteiger partial charge on any atom is -0.497 e. The molecule has 15 heavy (non-hydrogen) atoms. The molecule has 3 N–H and O–H groups in total. The maximum Gasteiger partial charge on any atom is 0.321 e. The number of ether oxygens (including phenoxy) is 1. The number of hydrogen-bond acceptors (Lipinski definition) is 5. The summed E-state index contributed by atoms with van der Waals surface area (Å²) in [5.41, 5.74) is 3.00. The number of carbonyl (C=O) groups is 1. The van der Waals surface area contributed by atoms with E-state index >= 15 is 0 Å². The molecule has 2 rings (SSSR count). The second kappa shape index (κ2) is 3.58. The van der Waals surface area contributed by atoms with Crippen LogP contribution in [0.15, 0.2) is 22.6 Å². The van der Waals surface area contributed by atoms with Gasteiger partial charge in [-0.3, -0.25) is 10.2 Å². The van der Waals surface area contributed by atoms with Crippen LogP contribution in [0, 0.1) is 0 Å². The van der Waals surface area contributed by atoms with E-state index in [0.29, 0.717) is 16.8 Å². The van der Waals surface area contributed by atoms with E-state index in [1.54, 1.807) is 25.3 Å². The molecule has 0 aliphatic carbocycles. The van der Waals surface area contributed by atoms with E-state index in [1.165, 1.54) is 0 Å².